The molecule has 0 aliphatic carbocycles. The van der Waals surface area contributed by atoms with E-state index in [1.807, 2.05) is 0 Å². The maximum atomic E-state index is 13.3. The minimum absolute atomic E-state index is 0.0966. The van der Waals surface area contributed by atoms with Gasteiger partial charge >= 0.3 is 5.97 Å². The third-order valence-corrected chi connectivity index (χ3v) is 3.75. The molecule has 1 fully saturated rings. The number of rotatable bonds is 5. The molecule has 0 spiro atoms. The van der Waals surface area contributed by atoms with Gasteiger partial charge in [0.25, 0.3) is 0 Å². The van der Waals surface area contributed by atoms with Crippen LogP contribution in [0.4, 0.5) is 4.39 Å². The fourth-order valence-electron chi connectivity index (χ4n) is 2.51. The summed E-state index contributed by atoms with van der Waals surface area (Å²) in [6, 6.07) is 4.21. The van der Waals surface area contributed by atoms with Gasteiger partial charge < -0.3 is 10.0 Å². The number of halogens is 1. The Balaban J connectivity index is 2.20. The van der Waals surface area contributed by atoms with Crippen molar-refractivity contribution in [2.24, 2.45) is 5.92 Å². The number of carbonyl (C=O) groups is 2. The predicted molar refractivity (Wildman–Crippen MR) is 76.9 cm³/mol. The Morgan fingerprint density at radius 2 is 2.29 bits per heavy atom. The lowest BCUT2D eigenvalue weighted by atomic mass is 10.1. The molecule has 1 amide bonds. The zero-order valence-corrected chi connectivity index (χ0v) is 11.9. The minimum Gasteiger partial charge on any atom is -0.478 e. The SMILES string of the molecule is CCC1CC(=O)N(Cc2ccc(F)cc2/C=C/C(=O)O)C1. The standard InChI is InChI=1S/C16H18FNO3/c1-2-11-7-15(19)18(9-11)10-13-3-5-14(17)8-12(13)4-6-16(20)21/h3-6,8,11H,2,7,9-10H2,1H3,(H,20,21)/b6-4+. The van der Waals surface area contributed by atoms with E-state index in [-0.39, 0.29) is 5.91 Å². The smallest absolute Gasteiger partial charge is 0.328 e. The Labute approximate surface area is 122 Å². The number of nitrogens with zero attached hydrogens (tertiary/aromatic N) is 1. The molecule has 0 aromatic heterocycles. The molecule has 0 radical (unpaired) electrons. The van der Waals surface area contributed by atoms with Crippen molar-refractivity contribution in [3.8, 4) is 0 Å². The van der Waals surface area contributed by atoms with Crippen LogP contribution in [0.5, 0.6) is 0 Å². The van der Waals surface area contributed by atoms with Gasteiger partial charge in [-0.1, -0.05) is 19.4 Å². The van der Waals surface area contributed by atoms with Crippen LogP contribution in [-0.2, 0) is 16.1 Å². The van der Waals surface area contributed by atoms with Gasteiger partial charge in [0.1, 0.15) is 5.82 Å². The molecule has 4 nitrogen and oxygen atoms in total. The maximum absolute atomic E-state index is 13.3. The van der Waals surface area contributed by atoms with E-state index in [1.54, 1.807) is 11.0 Å². The molecule has 1 atom stereocenters. The van der Waals surface area contributed by atoms with Crippen LogP contribution < -0.4 is 0 Å². The van der Waals surface area contributed by atoms with Crippen LogP contribution in [0.2, 0.25) is 0 Å². The molecule has 112 valence electrons. The van der Waals surface area contributed by atoms with Gasteiger partial charge in [-0.2, -0.15) is 0 Å². The van der Waals surface area contributed by atoms with Crippen molar-refractivity contribution in [3.05, 3.63) is 41.2 Å². The van der Waals surface area contributed by atoms with Crippen LogP contribution in [0.15, 0.2) is 24.3 Å². The summed E-state index contributed by atoms with van der Waals surface area (Å²) >= 11 is 0. The summed E-state index contributed by atoms with van der Waals surface area (Å²) in [5.41, 5.74) is 1.24. The maximum Gasteiger partial charge on any atom is 0.328 e. The molecule has 5 heteroatoms. The third-order valence-electron chi connectivity index (χ3n) is 3.75. The number of carbonyl (C=O) groups excluding carboxylic acids is 1. The fourth-order valence-corrected chi connectivity index (χ4v) is 2.51. The number of likely N-dealkylation sites (tertiary alicyclic amines) is 1. The zero-order valence-electron chi connectivity index (χ0n) is 11.9. The van der Waals surface area contributed by atoms with Gasteiger partial charge in [0.05, 0.1) is 0 Å². The Kier molecular flexibility index (Phi) is 4.73. The van der Waals surface area contributed by atoms with E-state index in [4.69, 9.17) is 5.11 Å². The van der Waals surface area contributed by atoms with Crippen LogP contribution >= 0.6 is 0 Å². The second-order valence-electron chi connectivity index (χ2n) is 5.27. The Bertz CT molecular complexity index is 583. The van der Waals surface area contributed by atoms with E-state index in [2.05, 4.69) is 6.92 Å². The van der Waals surface area contributed by atoms with Gasteiger partial charge in [-0.3, -0.25) is 4.79 Å². The van der Waals surface area contributed by atoms with Crippen LogP contribution in [0, 0.1) is 11.7 Å². The van der Waals surface area contributed by atoms with E-state index in [0.29, 0.717) is 31.0 Å². The predicted octanol–water partition coefficient (Wildman–Crippen LogP) is 2.68. The van der Waals surface area contributed by atoms with Crippen LogP contribution in [0.1, 0.15) is 30.9 Å². The number of amides is 1. The average Bonchev–Trinajstić information content (AvgIpc) is 2.79. The van der Waals surface area contributed by atoms with Crippen molar-refractivity contribution in [3.63, 3.8) is 0 Å². The van der Waals surface area contributed by atoms with E-state index in [0.717, 1.165) is 18.1 Å². The second kappa shape index (κ2) is 6.52. The van der Waals surface area contributed by atoms with E-state index >= 15 is 0 Å². The molecule has 1 aliphatic heterocycles. The third kappa shape index (κ3) is 3.90. The highest BCUT2D eigenvalue weighted by Crippen LogP contribution is 2.24. The highest BCUT2D eigenvalue weighted by molar-refractivity contribution is 5.85. The Hall–Kier alpha value is -2.17. The first-order valence-electron chi connectivity index (χ1n) is 6.96. The second-order valence-corrected chi connectivity index (χ2v) is 5.27. The van der Waals surface area contributed by atoms with Gasteiger partial charge in [-0.25, -0.2) is 9.18 Å². The minimum atomic E-state index is -1.09. The van der Waals surface area contributed by atoms with E-state index < -0.39 is 11.8 Å². The molecule has 0 saturated carbocycles. The van der Waals surface area contributed by atoms with E-state index in [1.165, 1.54) is 18.2 Å². The summed E-state index contributed by atoms with van der Waals surface area (Å²) in [6.45, 7) is 3.14. The van der Waals surface area contributed by atoms with Gasteiger partial charge in [-0.05, 0) is 35.3 Å². The van der Waals surface area contributed by atoms with Crippen molar-refractivity contribution in [1.29, 1.82) is 0 Å². The lowest BCUT2D eigenvalue weighted by Gasteiger charge is -2.18. The van der Waals surface area contributed by atoms with Crippen molar-refractivity contribution in [2.45, 2.75) is 26.3 Å². The Morgan fingerprint density at radius 3 is 2.90 bits per heavy atom. The van der Waals surface area contributed by atoms with Gasteiger partial charge in [0.2, 0.25) is 5.91 Å². The topological polar surface area (TPSA) is 57.6 Å². The molecular formula is C16H18FNO3. The van der Waals surface area contributed by atoms with Crippen LogP contribution in [0.25, 0.3) is 6.08 Å². The largest absolute Gasteiger partial charge is 0.478 e. The normalized spacial score (nSPS) is 18.7. The zero-order chi connectivity index (χ0) is 15.4. The molecule has 1 aromatic rings. The van der Waals surface area contributed by atoms with Gasteiger partial charge in [0.15, 0.2) is 0 Å². The summed E-state index contributed by atoms with van der Waals surface area (Å²) in [5, 5.41) is 8.68. The molecule has 1 saturated heterocycles. The monoisotopic (exact) mass is 291 g/mol. The summed E-state index contributed by atoms with van der Waals surface area (Å²) in [4.78, 5) is 24.3. The van der Waals surface area contributed by atoms with Crippen molar-refractivity contribution < 1.29 is 19.1 Å². The summed E-state index contributed by atoms with van der Waals surface area (Å²) < 4.78 is 13.3. The molecule has 21 heavy (non-hydrogen) atoms. The van der Waals surface area contributed by atoms with Crippen molar-refractivity contribution in [2.75, 3.05) is 6.54 Å². The number of hydrogen-bond acceptors (Lipinski definition) is 2. The molecule has 1 unspecified atom stereocenters. The molecule has 1 aliphatic rings. The quantitative estimate of drug-likeness (QED) is 0.849. The summed E-state index contributed by atoms with van der Waals surface area (Å²) in [7, 11) is 0. The average molecular weight is 291 g/mol. The van der Waals surface area contributed by atoms with Gasteiger partial charge in [0, 0.05) is 25.6 Å². The van der Waals surface area contributed by atoms with E-state index in [9.17, 15) is 14.0 Å². The summed E-state index contributed by atoms with van der Waals surface area (Å²) in [6.07, 6.45) is 3.84. The highest BCUT2D eigenvalue weighted by Gasteiger charge is 2.28. The molecule has 1 heterocycles. The van der Waals surface area contributed by atoms with Crippen LogP contribution in [0.3, 0.4) is 0 Å². The first-order chi connectivity index (χ1) is 9.99. The Morgan fingerprint density at radius 1 is 1.52 bits per heavy atom. The molecular weight excluding hydrogens is 273 g/mol. The fraction of sp³-hybridized carbons (Fsp3) is 0.375. The lowest BCUT2D eigenvalue weighted by molar-refractivity contribution is -0.131. The first-order valence-corrected chi connectivity index (χ1v) is 6.96. The number of carboxylic acids is 1. The lowest BCUT2D eigenvalue weighted by Crippen LogP contribution is -2.25. The number of hydrogen-bond donors (Lipinski definition) is 1. The summed E-state index contributed by atoms with van der Waals surface area (Å²) in [5.74, 6) is -1.05. The number of benzene rings is 1. The number of aliphatic carboxylic acids is 1. The van der Waals surface area contributed by atoms with Crippen molar-refractivity contribution in [1.82, 2.24) is 4.90 Å². The first kappa shape index (κ1) is 15.2. The molecule has 1 N–H and O–H groups in total. The number of carboxylic acid groups (broad SMARTS) is 1. The van der Waals surface area contributed by atoms with Crippen LogP contribution in [-0.4, -0.2) is 28.4 Å². The van der Waals surface area contributed by atoms with Gasteiger partial charge in [-0.15, -0.1) is 0 Å². The van der Waals surface area contributed by atoms with Crippen molar-refractivity contribution >= 4 is 18.0 Å². The molecule has 0 bridgehead atoms. The highest BCUT2D eigenvalue weighted by atomic mass is 19.1. The molecule has 1 aromatic carbocycles. The molecule has 2 rings (SSSR count).